The second-order valence-corrected chi connectivity index (χ2v) is 9.48. The Kier molecular flexibility index (Phi) is 7.47. The van der Waals surface area contributed by atoms with Crippen LogP contribution >= 0.6 is 0 Å². The highest BCUT2D eigenvalue weighted by atomic mass is 32.2. The molecule has 1 atom stereocenters. The number of aryl methyl sites for hydroxylation is 1. The third kappa shape index (κ3) is 6.29. The number of rotatable bonds is 8. The number of morpholine rings is 1. The third-order valence-corrected chi connectivity index (χ3v) is 6.20. The average Bonchev–Trinajstić information content (AvgIpc) is 2.71. The molecule has 162 valence electrons. The molecule has 1 saturated heterocycles. The predicted molar refractivity (Wildman–Crippen MR) is 118 cm³/mol. The number of nitrogens with zero attached hydrogens (tertiary/aromatic N) is 2. The van der Waals surface area contributed by atoms with Crippen molar-refractivity contribution >= 4 is 21.6 Å². The van der Waals surface area contributed by atoms with E-state index in [-0.39, 0.29) is 18.6 Å². The quantitative estimate of drug-likeness (QED) is 0.689. The van der Waals surface area contributed by atoms with Crippen molar-refractivity contribution in [3.63, 3.8) is 0 Å². The van der Waals surface area contributed by atoms with E-state index in [9.17, 15) is 13.2 Å². The summed E-state index contributed by atoms with van der Waals surface area (Å²) in [6.07, 6.45) is 0.981. The number of amides is 1. The lowest BCUT2D eigenvalue weighted by molar-refractivity contribution is -0.120. The van der Waals surface area contributed by atoms with Crippen LogP contribution in [0.5, 0.6) is 0 Å². The third-order valence-electron chi connectivity index (χ3n) is 5.07. The first-order valence-corrected chi connectivity index (χ1v) is 11.9. The predicted octanol–water partition coefficient (Wildman–Crippen LogP) is 1.78. The SMILES string of the molecule is Cc1ccccc1N(CC(=O)NCC1CN(Cc2ccccc2)CCO1)S(C)(=O)=O. The van der Waals surface area contributed by atoms with Crippen molar-refractivity contribution in [1.82, 2.24) is 10.2 Å². The first-order chi connectivity index (χ1) is 14.3. The first kappa shape index (κ1) is 22.3. The molecule has 8 heteroatoms. The van der Waals surface area contributed by atoms with Gasteiger partial charge in [0.1, 0.15) is 6.54 Å². The van der Waals surface area contributed by atoms with Gasteiger partial charge in [-0.15, -0.1) is 0 Å². The van der Waals surface area contributed by atoms with Crippen molar-refractivity contribution in [3.8, 4) is 0 Å². The normalized spacial score (nSPS) is 17.5. The van der Waals surface area contributed by atoms with E-state index in [0.717, 1.165) is 29.2 Å². The first-order valence-electron chi connectivity index (χ1n) is 10.0. The number of anilines is 1. The summed E-state index contributed by atoms with van der Waals surface area (Å²) in [7, 11) is -3.59. The molecule has 2 aromatic rings. The molecule has 1 amide bonds. The summed E-state index contributed by atoms with van der Waals surface area (Å²) in [5, 5.41) is 2.83. The van der Waals surface area contributed by atoms with Crippen molar-refractivity contribution in [2.75, 3.05) is 43.3 Å². The second-order valence-electron chi connectivity index (χ2n) is 7.57. The summed E-state index contributed by atoms with van der Waals surface area (Å²) in [5.41, 5.74) is 2.55. The zero-order valence-electron chi connectivity index (χ0n) is 17.5. The fourth-order valence-electron chi connectivity index (χ4n) is 3.53. The van der Waals surface area contributed by atoms with Gasteiger partial charge in [0, 0.05) is 26.2 Å². The molecule has 0 saturated carbocycles. The highest BCUT2D eigenvalue weighted by Crippen LogP contribution is 2.21. The molecule has 0 spiro atoms. The van der Waals surface area contributed by atoms with Gasteiger partial charge in [-0.3, -0.25) is 14.0 Å². The van der Waals surface area contributed by atoms with Crippen molar-refractivity contribution in [2.24, 2.45) is 0 Å². The minimum Gasteiger partial charge on any atom is -0.374 e. The lowest BCUT2D eigenvalue weighted by atomic mass is 10.2. The highest BCUT2D eigenvalue weighted by Gasteiger charge is 2.24. The summed E-state index contributed by atoms with van der Waals surface area (Å²) in [6.45, 7) is 4.90. The van der Waals surface area contributed by atoms with Crippen LogP contribution in [0.25, 0.3) is 0 Å². The molecule has 1 unspecified atom stereocenters. The van der Waals surface area contributed by atoms with Crippen LogP contribution in [0.1, 0.15) is 11.1 Å². The lowest BCUT2D eigenvalue weighted by Gasteiger charge is -2.33. The standard InChI is InChI=1S/C22H29N3O4S/c1-18-8-6-7-11-21(18)25(30(2,27)28)17-22(26)23-14-20-16-24(12-13-29-20)15-19-9-4-3-5-10-19/h3-11,20H,12-17H2,1-2H3,(H,23,26). The van der Waals surface area contributed by atoms with Crippen LogP contribution in [0, 0.1) is 6.92 Å². The minimum absolute atomic E-state index is 0.128. The number of nitrogens with one attached hydrogen (secondary N) is 1. The van der Waals surface area contributed by atoms with E-state index < -0.39 is 10.0 Å². The van der Waals surface area contributed by atoms with Gasteiger partial charge in [0.05, 0.1) is 24.7 Å². The molecule has 0 bridgehead atoms. The van der Waals surface area contributed by atoms with Gasteiger partial charge in [0.25, 0.3) is 0 Å². The Bertz CT molecular complexity index is 950. The molecule has 1 aliphatic heterocycles. The van der Waals surface area contributed by atoms with Crippen LogP contribution in [-0.4, -0.2) is 64.4 Å². The van der Waals surface area contributed by atoms with E-state index in [0.29, 0.717) is 25.4 Å². The molecule has 0 radical (unpaired) electrons. The van der Waals surface area contributed by atoms with Gasteiger partial charge >= 0.3 is 0 Å². The molecule has 1 heterocycles. The van der Waals surface area contributed by atoms with Crippen molar-refractivity contribution in [2.45, 2.75) is 19.6 Å². The van der Waals surface area contributed by atoms with Gasteiger partial charge in [-0.25, -0.2) is 8.42 Å². The van der Waals surface area contributed by atoms with Crippen LogP contribution in [-0.2, 0) is 26.1 Å². The highest BCUT2D eigenvalue weighted by molar-refractivity contribution is 7.92. The number of hydrogen-bond acceptors (Lipinski definition) is 5. The van der Waals surface area contributed by atoms with Gasteiger partial charge in [-0.2, -0.15) is 0 Å². The van der Waals surface area contributed by atoms with E-state index in [1.165, 1.54) is 5.56 Å². The summed E-state index contributed by atoms with van der Waals surface area (Å²) in [5.74, 6) is -0.354. The monoisotopic (exact) mass is 431 g/mol. The smallest absolute Gasteiger partial charge is 0.240 e. The Morgan fingerprint density at radius 2 is 1.87 bits per heavy atom. The van der Waals surface area contributed by atoms with Crippen LogP contribution in [0.2, 0.25) is 0 Å². The Balaban J connectivity index is 1.54. The Hall–Kier alpha value is -2.42. The molecule has 0 aliphatic carbocycles. The van der Waals surface area contributed by atoms with Crippen LogP contribution in [0.3, 0.4) is 0 Å². The number of benzene rings is 2. The molecule has 30 heavy (non-hydrogen) atoms. The van der Waals surface area contributed by atoms with Crippen molar-refractivity contribution in [3.05, 3.63) is 65.7 Å². The minimum atomic E-state index is -3.59. The van der Waals surface area contributed by atoms with Crippen molar-refractivity contribution < 1.29 is 17.9 Å². The van der Waals surface area contributed by atoms with Crippen LogP contribution < -0.4 is 9.62 Å². The van der Waals surface area contributed by atoms with Gasteiger partial charge in [0.2, 0.25) is 15.9 Å². The maximum atomic E-state index is 12.5. The van der Waals surface area contributed by atoms with Gasteiger partial charge in [0.15, 0.2) is 0 Å². The molecule has 3 rings (SSSR count). The number of ether oxygens (including phenoxy) is 1. The van der Waals surface area contributed by atoms with Crippen LogP contribution in [0.15, 0.2) is 54.6 Å². The molecule has 7 nitrogen and oxygen atoms in total. The summed E-state index contributed by atoms with van der Waals surface area (Å²) < 4.78 is 31.4. The van der Waals surface area contributed by atoms with Crippen molar-refractivity contribution in [1.29, 1.82) is 0 Å². The second kappa shape index (κ2) is 10.1. The van der Waals surface area contributed by atoms with Gasteiger partial charge in [-0.05, 0) is 24.1 Å². The van der Waals surface area contributed by atoms with E-state index in [4.69, 9.17) is 4.74 Å². The lowest BCUT2D eigenvalue weighted by Crippen LogP contribution is -2.49. The van der Waals surface area contributed by atoms with E-state index in [1.807, 2.05) is 37.3 Å². The average molecular weight is 432 g/mol. The molecule has 0 aromatic heterocycles. The molecule has 1 N–H and O–H groups in total. The summed E-state index contributed by atoms with van der Waals surface area (Å²) in [4.78, 5) is 14.8. The number of carbonyl (C=O) groups excluding carboxylic acids is 1. The Labute approximate surface area is 178 Å². The topological polar surface area (TPSA) is 79.0 Å². The zero-order chi connectivity index (χ0) is 21.6. The Morgan fingerprint density at radius 1 is 1.17 bits per heavy atom. The molecule has 1 fully saturated rings. The van der Waals surface area contributed by atoms with E-state index >= 15 is 0 Å². The fourth-order valence-corrected chi connectivity index (χ4v) is 4.44. The fraction of sp³-hybridized carbons (Fsp3) is 0.409. The molecular weight excluding hydrogens is 402 g/mol. The molecular formula is C22H29N3O4S. The number of para-hydroxylation sites is 1. The van der Waals surface area contributed by atoms with E-state index in [2.05, 4.69) is 22.3 Å². The zero-order valence-corrected chi connectivity index (χ0v) is 18.3. The van der Waals surface area contributed by atoms with Gasteiger partial charge < -0.3 is 10.1 Å². The summed E-state index contributed by atoms with van der Waals surface area (Å²) in [6, 6.07) is 17.4. The number of hydrogen-bond donors (Lipinski definition) is 1. The maximum Gasteiger partial charge on any atom is 0.240 e. The summed E-state index contributed by atoms with van der Waals surface area (Å²) >= 11 is 0. The largest absolute Gasteiger partial charge is 0.374 e. The van der Waals surface area contributed by atoms with Crippen LogP contribution in [0.4, 0.5) is 5.69 Å². The van der Waals surface area contributed by atoms with Gasteiger partial charge in [-0.1, -0.05) is 48.5 Å². The Morgan fingerprint density at radius 3 is 2.57 bits per heavy atom. The maximum absolute atomic E-state index is 12.5. The number of carbonyl (C=O) groups is 1. The van der Waals surface area contributed by atoms with E-state index in [1.54, 1.807) is 12.1 Å². The molecule has 1 aliphatic rings. The molecule has 2 aromatic carbocycles. The number of sulfonamides is 1.